The molecule has 0 radical (unpaired) electrons. The molecule has 0 saturated carbocycles. The van der Waals surface area contributed by atoms with Gasteiger partial charge in [-0.1, -0.05) is 182 Å². The third-order valence-electron chi connectivity index (χ3n) is 14.8. The molecule has 0 spiro atoms. The van der Waals surface area contributed by atoms with Gasteiger partial charge in [-0.25, -0.2) is 0 Å². The lowest BCUT2D eigenvalue weighted by atomic mass is 9.77. The average Bonchev–Trinajstić information content (AvgIpc) is 3.33. The van der Waals surface area contributed by atoms with Crippen molar-refractivity contribution in [3.63, 3.8) is 0 Å². The van der Waals surface area contributed by atoms with Gasteiger partial charge in [0.15, 0.2) is 17.2 Å². The van der Waals surface area contributed by atoms with Crippen molar-refractivity contribution < 1.29 is 29.1 Å². The first-order valence-corrected chi connectivity index (χ1v) is 30.3. The Kier molecular flexibility index (Phi) is 28.7. The molecule has 0 atom stereocenters. The van der Waals surface area contributed by atoms with Crippen molar-refractivity contribution in [2.75, 3.05) is 0 Å². The maximum absolute atomic E-state index is 6.72. The number of rotatable bonds is 36. The lowest BCUT2D eigenvalue weighted by Gasteiger charge is -2.31. The lowest BCUT2D eigenvalue weighted by Crippen LogP contribution is -2.33. The molecule has 0 amide bonds. The summed E-state index contributed by atoms with van der Waals surface area (Å²) in [6.45, 7) is 41.3. The fourth-order valence-electron chi connectivity index (χ4n) is 11.1. The Hall–Kier alpha value is -3.00. The van der Waals surface area contributed by atoms with Crippen LogP contribution >= 0.6 is 0 Å². The minimum atomic E-state index is -1.51. The first kappa shape index (κ1) is 64.3. The maximum Gasteiger partial charge on any atom is 0.754 e. The van der Waals surface area contributed by atoms with Gasteiger partial charge < -0.3 is 14.7 Å². The Morgan fingerprint density at radius 3 is 0.671 bits per heavy atom. The summed E-state index contributed by atoms with van der Waals surface area (Å²) < 4.78 is 0. The maximum atomic E-state index is 6.72. The van der Waals surface area contributed by atoms with E-state index < -0.39 is 7.32 Å². The molecule has 0 heterocycles. The summed E-state index contributed by atoms with van der Waals surface area (Å²) in [6.07, 6.45) is 29.5. The molecule has 6 nitrogen and oxygen atoms in total. The van der Waals surface area contributed by atoms with E-state index in [0.717, 1.165) is 173 Å². The summed E-state index contributed by atoms with van der Waals surface area (Å²) in [5.74, 6) is 2.13. The minimum absolute atomic E-state index is 0.230. The zero-order chi connectivity index (χ0) is 54.2. The molecule has 3 rings (SSSR count). The van der Waals surface area contributed by atoms with Crippen LogP contribution < -0.4 is 14.7 Å². The zero-order valence-corrected chi connectivity index (χ0v) is 50.9. The van der Waals surface area contributed by atoms with Gasteiger partial charge in [0, 0.05) is 16.7 Å². The Labute approximate surface area is 450 Å². The SMILES string of the molecule is CCCCc1cc(OOB(OOc2cc(CCCC)c(CCCC)c(CCCC)c2C(C)(C)C)OOc2cc(CCCC)c(CCCC)c(CCCC)c2C(C)(C)C)c(C(C)(C)C)c(CCCC)c1CCCC. The van der Waals surface area contributed by atoms with Crippen LogP contribution in [0.5, 0.6) is 17.2 Å². The van der Waals surface area contributed by atoms with Crippen LogP contribution in [0.1, 0.15) is 307 Å². The van der Waals surface area contributed by atoms with Gasteiger partial charge in [-0.05, 0) is 200 Å². The topological polar surface area (TPSA) is 55.4 Å². The minimum Gasteiger partial charge on any atom is -0.347 e. The Bertz CT molecular complexity index is 1820. The highest BCUT2D eigenvalue weighted by Crippen LogP contribution is 2.44. The fourth-order valence-corrected chi connectivity index (χ4v) is 11.1. The molecule has 73 heavy (non-hydrogen) atoms. The second-order valence-electron chi connectivity index (χ2n) is 24.6. The third-order valence-corrected chi connectivity index (χ3v) is 14.8. The predicted molar refractivity (Wildman–Crippen MR) is 314 cm³/mol. The molecule has 0 unspecified atom stereocenters. The summed E-state index contributed by atoms with van der Waals surface area (Å²) in [6, 6.07) is 6.78. The van der Waals surface area contributed by atoms with Gasteiger partial charge in [-0.15, -0.1) is 0 Å². The molecular weight excluding hydrogens is 900 g/mol. The van der Waals surface area contributed by atoms with Crippen LogP contribution in [0.4, 0.5) is 0 Å². The average molecular weight is 1010 g/mol. The molecule has 0 aliphatic carbocycles. The summed E-state index contributed by atoms with van der Waals surface area (Å²) in [7, 11) is -1.51. The Balaban J connectivity index is 2.41. The van der Waals surface area contributed by atoms with Crippen LogP contribution in [0.25, 0.3) is 0 Å². The molecule has 3 aromatic carbocycles. The van der Waals surface area contributed by atoms with Gasteiger partial charge in [0.05, 0.1) is 0 Å². The molecule has 0 aliphatic heterocycles. The van der Waals surface area contributed by atoms with E-state index in [1.807, 2.05) is 0 Å². The normalized spacial score (nSPS) is 12.2. The molecule has 0 saturated heterocycles. The van der Waals surface area contributed by atoms with E-state index in [-0.39, 0.29) is 16.2 Å². The molecule has 3 aromatic rings. The quantitative estimate of drug-likeness (QED) is 0.0329. The van der Waals surface area contributed by atoms with Gasteiger partial charge in [0.25, 0.3) is 0 Å². The van der Waals surface area contributed by atoms with E-state index in [1.165, 1.54) is 66.8 Å². The zero-order valence-electron chi connectivity index (χ0n) is 50.9. The largest absolute Gasteiger partial charge is 0.754 e. The first-order chi connectivity index (χ1) is 34.8. The standard InChI is InChI=1S/C66H111BO6/c1-19-28-37-49-46-58(61(64(10,11)12)55(43-34-25-7)52(49)40-31-22-4)68-71-67(72-69-59-47-50(38-29-20-2)53(41-32-23-5)56(44-35-26-8)62(59)65(13,14)15)73-70-60-48-51(39-30-21-3)54(42-33-24-6)57(45-36-27-9)63(60)66(16,17)18/h46-48H,19-45H2,1-18H3. The van der Waals surface area contributed by atoms with Crippen LogP contribution in [0.3, 0.4) is 0 Å². The Morgan fingerprint density at radius 1 is 0.288 bits per heavy atom. The molecule has 7 heteroatoms. The van der Waals surface area contributed by atoms with E-state index in [9.17, 15) is 0 Å². The molecule has 0 bridgehead atoms. The molecule has 0 fully saturated rings. The highest BCUT2D eigenvalue weighted by atomic mass is 17.3. The van der Waals surface area contributed by atoms with E-state index in [2.05, 4.69) is 143 Å². The lowest BCUT2D eigenvalue weighted by molar-refractivity contribution is -0.263. The van der Waals surface area contributed by atoms with Crippen LogP contribution in [-0.2, 0) is 88.4 Å². The smallest absolute Gasteiger partial charge is 0.347 e. The Morgan fingerprint density at radius 2 is 0.479 bits per heavy atom. The predicted octanol–water partition coefficient (Wildman–Crippen LogP) is 20.0. The van der Waals surface area contributed by atoms with Gasteiger partial charge >= 0.3 is 7.32 Å². The summed E-state index contributed by atoms with van der Waals surface area (Å²) in [5, 5.41) is 0. The summed E-state index contributed by atoms with van der Waals surface area (Å²) in [4.78, 5) is 39.8. The van der Waals surface area contributed by atoms with Crippen molar-refractivity contribution >= 4 is 7.32 Å². The van der Waals surface area contributed by atoms with Crippen LogP contribution in [0.15, 0.2) is 18.2 Å². The molecular formula is C66H111BO6. The highest BCUT2D eigenvalue weighted by molar-refractivity contribution is 6.35. The highest BCUT2D eigenvalue weighted by Gasteiger charge is 2.37. The van der Waals surface area contributed by atoms with Crippen molar-refractivity contribution in [3.05, 3.63) is 85.0 Å². The number of hydrogen-bond acceptors (Lipinski definition) is 6. The molecule has 0 N–H and O–H groups in total. The second kappa shape index (κ2) is 32.6. The van der Waals surface area contributed by atoms with Gasteiger partial charge in [-0.3, -0.25) is 0 Å². The van der Waals surface area contributed by atoms with Crippen molar-refractivity contribution in [3.8, 4) is 17.2 Å². The van der Waals surface area contributed by atoms with E-state index in [0.29, 0.717) is 17.2 Å². The van der Waals surface area contributed by atoms with E-state index in [1.54, 1.807) is 0 Å². The monoisotopic (exact) mass is 1010 g/mol. The van der Waals surface area contributed by atoms with Crippen molar-refractivity contribution in [1.82, 2.24) is 0 Å². The summed E-state index contributed by atoms with van der Waals surface area (Å²) in [5.41, 5.74) is 15.7. The van der Waals surface area contributed by atoms with E-state index >= 15 is 0 Å². The van der Waals surface area contributed by atoms with Gasteiger partial charge in [0.2, 0.25) is 0 Å². The second-order valence-corrected chi connectivity index (χ2v) is 24.6. The van der Waals surface area contributed by atoms with Gasteiger partial charge in [-0.2, -0.15) is 14.4 Å². The molecule has 0 aliphatic rings. The van der Waals surface area contributed by atoms with Gasteiger partial charge in [0.1, 0.15) is 0 Å². The number of hydrogen-bond donors (Lipinski definition) is 0. The molecule has 0 aromatic heterocycles. The number of benzene rings is 3. The fraction of sp³-hybridized carbons (Fsp3) is 0.727. The van der Waals surface area contributed by atoms with Crippen molar-refractivity contribution in [2.24, 2.45) is 0 Å². The van der Waals surface area contributed by atoms with E-state index in [4.69, 9.17) is 29.1 Å². The first-order valence-electron chi connectivity index (χ1n) is 30.3. The summed E-state index contributed by atoms with van der Waals surface area (Å²) >= 11 is 0. The van der Waals surface area contributed by atoms with Crippen molar-refractivity contribution in [2.45, 2.75) is 314 Å². The number of aryl methyl sites for hydroxylation is 3. The number of unbranched alkanes of at least 4 members (excludes halogenated alkanes) is 9. The molecule has 414 valence electrons. The van der Waals surface area contributed by atoms with Crippen LogP contribution in [0, 0.1) is 0 Å². The van der Waals surface area contributed by atoms with Crippen molar-refractivity contribution in [1.29, 1.82) is 0 Å². The third kappa shape index (κ3) is 19.5. The van der Waals surface area contributed by atoms with Crippen LogP contribution in [-0.4, -0.2) is 7.32 Å². The van der Waals surface area contributed by atoms with Crippen LogP contribution in [0.2, 0.25) is 0 Å².